The van der Waals surface area contributed by atoms with Crippen molar-refractivity contribution < 1.29 is 4.74 Å². The van der Waals surface area contributed by atoms with Crippen molar-refractivity contribution in [3.63, 3.8) is 0 Å². The maximum Gasteiger partial charge on any atom is 0.256 e. The lowest BCUT2D eigenvalue weighted by Gasteiger charge is -2.16. The maximum atomic E-state index is 12.4. The number of benzene rings is 1. The first-order valence-corrected chi connectivity index (χ1v) is 7.19. The van der Waals surface area contributed by atoms with E-state index in [1.54, 1.807) is 18.0 Å². The molecule has 0 unspecified atom stereocenters. The quantitative estimate of drug-likeness (QED) is 0.915. The molecule has 0 bridgehead atoms. The smallest absolute Gasteiger partial charge is 0.256 e. The van der Waals surface area contributed by atoms with Crippen molar-refractivity contribution in [1.29, 1.82) is 0 Å². The van der Waals surface area contributed by atoms with Crippen LogP contribution in [-0.4, -0.2) is 23.2 Å². The normalized spacial score (nSPS) is 13.8. The Bertz CT molecular complexity index is 677. The van der Waals surface area contributed by atoms with Crippen LogP contribution in [0.5, 0.6) is 5.75 Å². The van der Waals surface area contributed by atoms with E-state index in [0.717, 1.165) is 36.4 Å². The number of nitrogens with zero attached hydrogens (tertiary/aromatic N) is 2. The van der Waals surface area contributed by atoms with E-state index in [0.29, 0.717) is 13.1 Å². The average Bonchev–Trinajstić information content (AvgIpc) is 2.55. The van der Waals surface area contributed by atoms with Gasteiger partial charge < -0.3 is 10.1 Å². The number of nitrogens with one attached hydrogen (secondary N) is 1. The molecule has 0 spiro atoms. The zero-order chi connectivity index (χ0) is 14.7. The molecule has 1 aliphatic heterocycles. The molecule has 0 atom stereocenters. The van der Waals surface area contributed by atoms with Crippen molar-refractivity contribution in [2.24, 2.45) is 0 Å². The predicted molar refractivity (Wildman–Crippen MR) is 80.6 cm³/mol. The first kappa shape index (κ1) is 13.8. The molecule has 0 saturated carbocycles. The Morgan fingerprint density at radius 2 is 2.14 bits per heavy atom. The van der Waals surface area contributed by atoms with Crippen LogP contribution < -0.4 is 15.6 Å². The molecule has 3 rings (SSSR count). The summed E-state index contributed by atoms with van der Waals surface area (Å²) in [4.78, 5) is 16.8. The van der Waals surface area contributed by atoms with E-state index >= 15 is 0 Å². The molecule has 0 aliphatic carbocycles. The van der Waals surface area contributed by atoms with E-state index in [9.17, 15) is 4.79 Å². The molecule has 21 heavy (non-hydrogen) atoms. The van der Waals surface area contributed by atoms with Gasteiger partial charge in [0.1, 0.15) is 5.75 Å². The topological polar surface area (TPSA) is 56.2 Å². The number of ether oxygens (including phenoxy) is 1. The van der Waals surface area contributed by atoms with Crippen molar-refractivity contribution in [2.45, 2.75) is 25.9 Å². The number of fused-ring (bicyclic) bond motifs is 1. The van der Waals surface area contributed by atoms with Gasteiger partial charge >= 0.3 is 0 Å². The second-order valence-electron chi connectivity index (χ2n) is 5.19. The Morgan fingerprint density at radius 1 is 1.33 bits per heavy atom. The Kier molecular flexibility index (Phi) is 4.01. The molecular weight excluding hydrogens is 266 g/mol. The third-order valence-electron chi connectivity index (χ3n) is 3.86. The van der Waals surface area contributed by atoms with Gasteiger partial charge in [0.25, 0.3) is 5.56 Å². The summed E-state index contributed by atoms with van der Waals surface area (Å²) < 4.78 is 6.86. The molecule has 5 nitrogen and oxygen atoms in total. The molecular formula is C16H19N3O2. The van der Waals surface area contributed by atoms with Gasteiger partial charge in [-0.25, -0.2) is 4.98 Å². The Labute approximate surface area is 123 Å². The van der Waals surface area contributed by atoms with Gasteiger partial charge in [0.2, 0.25) is 0 Å². The Balaban J connectivity index is 1.74. The number of aryl methyl sites for hydroxylation is 2. The number of aromatic nitrogens is 2. The van der Waals surface area contributed by atoms with Crippen LogP contribution in [-0.2, 0) is 25.9 Å². The SMILES string of the molecule is COc1ccc(CCn2cnc3c(c2=O)CCNC3)cc1. The van der Waals surface area contributed by atoms with Crippen LogP contribution in [0, 0.1) is 0 Å². The van der Waals surface area contributed by atoms with Crippen LogP contribution >= 0.6 is 0 Å². The number of hydrogen-bond donors (Lipinski definition) is 1. The minimum atomic E-state index is 0.106. The molecule has 0 saturated heterocycles. The van der Waals surface area contributed by atoms with Crippen LogP contribution in [0.1, 0.15) is 16.8 Å². The van der Waals surface area contributed by atoms with Gasteiger partial charge in [0.05, 0.1) is 19.1 Å². The number of methoxy groups -OCH3 is 1. The first-order valence-electron chi connectivity index (χ1n) is 7.19. The van der Waals surface area contributed by atoms with Crippen molar-refractivity contribution in [2.75, 3.05) is 13.7 Å². The van der Waals surface area contributed by atoms with Gasteiger partial charge in [0, 0.05) is 18.7 Å². The Morgan fingerprint density at radius 3 is 2.90 bits per heavy atom. The lowest BCUT2D eigenvalue weighted by Crippen LogP contribution is -2.34. The van der Waals surface area contributed by atoms with Crippen LogP contribution in [0.4, 0.5) is 0 Å². The highest BCUT2D eigenvalue weighted by atomic mass is 16.5. The van der Waals surface area contributed by atoms with Crippen LogP contribution in [0.25, 0.3) is 0 Å². The standard InChI is InChI=1S/C16H19N3O2/c1-21-13-4-2-12(3-5-13)7-9-19-11-18-15-10-17-8-6-14(15)16(19)20/h2-5,11,17H,6-10H2,1H3. The van der Waals surface area contributed by atoms with Gasteiger partial charge in [-0.2, -0.15) is 0 Å². The molecule has 5 heteroatoms. The molecule has 1 aliphatic rings. The summed E-state index contributed by atoms with van der Waals surface area (Å²) in [7, 11) is 1.65. The molecule has 2 aromatic rings. The fourth-order valence-electron chi connectivity index (χ4n) is 2.59. The monoisotopic (exact) mass is 285 g/mol. The third kappa shape index (κ3) is 2.97. The van der Waals surface area contributed by atoms with E-state index in [1.807, 2.05) is 24.3 Å². The van der Waals surface area contributed by atoms with E-state index in [4.69, 9.17) is 4.74 Å². The highest BCUT2D eigenvalue weighted by molar-refractivity contribution is 5.27. The number of rotatable bonds is 4. The van der Waals surface area contributed by atoms with Crippen molar-refractivity contribution in [3.05, 3.63) is 57.8 Å². The summed E-state index contributed by atoms with van der Waals surface area (Å²) in [5.74, 6) is 0.846. The highest BCUT2D eigenvalue weighted by Gasteiger charge is 2.14. The van der Waals surface area contributed by atoms with Crippen LogP contribution in [0.2, 0.25) is 0 Å². The fraction of sp³-hybridized carbons (Fsp3) is 0.375. The van der Waals surface area contributed by atoms with Crippen molar-refractivity contribution in [1.82, 2.24) is 14.9 Å². The lowest BCUT2D eigenvalue weighted by molar-refractivity contribution is 0.414. The molecule has 0 amide bonds. The van der Waals surface area contributed by atoms with Gasteiger partial charge in [-0.05, 0) is 37.1 Å². The third-order valence-corrected chi connectivity index (χ3v) is 3.86. The summed E-state index contributed by atoms with van der Waals surface area (Å²) in [5, 5.41) is 3.23. The van der Waals surface area contributed by atoms with E-state index < -0.39 is 0 Å². The molecule has 1 aromatic heterocycles. The summed E-state index contributed by atoms with van der Waals surface area (Å²) in [5.41, 5.74) is 3.05. The van der Waals surface area contributed by atoms with E-state index in [-0.39, 0.29) is 5.56 Å². The minimum Gasteiger partial charge on any atom is -0.497 e. The average molecular weight is 285 g/mol. The lowest BCUT2D eigenvalue weighted by atomic mass is 10.1. The largest absolute Gasteiger partial charge is 0.497 e. The van der Waals surface area contributed by atoms with Gasteiger partial charge in [0.15, 0.2) is 0 Å². The second-order valence-corrected chi connectivity index (χ2v) is 5.19. The molecule has 2 heterocycles. The van der Waals surface area contributed by atoms with E-state index in [2.05, 4.69) is 10.3 Å². The second kappa shape index (κ2) is 6.10. The zero-order valence-corrected chi connectivity index (χ0v) is 12.1. The zero-order valence-electron chi connectivity index (χ0n) is 12.1. The summed E-state index contributed by atoms with van der Waals surface area (Å²) in [6.45, 7) is 2.20. The Hall–Kier alpha value is -2.14. The molecule has 110 valence electrons. The van der Waals surface area contributed by atoms with Crippen molar-refractivity contribution >= 4 is 0 Å². The first-order chi connectivity index (χ1) is 10.3. The predicted octanol–water partition coefficient (Wildman–Crippen LogP) is 1.14. The van der Waals surface area contributed by atoms with Gasteiger partial charge in [-0.3, -0.25) is 9.36 Å². The number of hydrogen-bond acceptors (Lipinski definition) is 4. The highest BCUT2D eigenvalue weighted by Crippen LogP contribution is 2.12. The summed E-state index contributed by atoms with van der Waals surface area (Å²) in [6.07, 6.45) is 3.24. The molecule has 0 radical (unpaired) electrons. The maximum absolute atomic E-state index is 12.4. The fourth-order valence-corrected chi connectivity index (χ4v) is 2.59. The molecule has 1 aromatic carbocycles. The minimum absolute atomic E-state index is 0.106. The summed E-state index contributed by atoms with van der Waals surface area (Å²) >= 11 is 0. The van der Waals surface area contributed by atoms with Crippen molar-refractivity contribution in [3.8, 4) is 5.75 Å². The van der Waals surface area contributed by atoms with Gasteiger partial charge in [-0.15, -0.1) is 0 Å². The van der Waals surface area contributed by atoms with Crippen LogP contribution in [0.3, 0.4) is 0 Å². The summed E-state index contributed by atoms with van der Waals surface area (Å²) in [6, 6.07) is 7.93. The van der Waals surface area contributed by atoms with E-state index in [1.165, 1.54) is 5.56 Å². The van der Waals surface area contributed by atoms with Gasteiger partial charge in [-0.1, -0.05) is 12.1 Å². The van der Waals surface area contributed by atoms with Crippen LogP contribution in [0.15, 0.2) is 35.4 Å². The molecule has 1 N–H and O–H groups in total. The molecule has 0 fully saturated rings.